The van der Waals surface area contributed by atoms with Crippen LogP contribution in [-0.2, 0) is 14.8 Å². The number of likely N-dealkylation sites (N-methyl/N-ethyl adjacent to an activating group) is 1. The van der Waals surface area contributed by atoms with E-state index >= 15 is 0 Å². The van der Waals surface area contributed by atoms with Gasteiger partial charge in [-0.05, 0) is 32.9 Å². The summed E-state index contributed by atoms with van der Waals surface area (Å²) < 4.78 is 26.3. The molecule has 1 saturated heterocycles. The number of piperazine rings is 1. The molecule has 0 spiro atoms. The summed E-state index contributed by atoms with van der Waals surface area (Å²) in [4.78, 5) is 27.9. The van der Waals surface area contributed by atoms with E-state index in [4.69, 9.17) is 0 Å². The molecule has 8 heteroatoms. The molecule has 0 bridgehead atoms. The minimum atomic E-state index is -3.78. The molecule has 0 N–H and O–H groups in total. The monoisotopic (exact) mass is 381 g/mol. The molecular formula is C18H27N3O4S. The second kappa shape index (κ2) is 8.28. The Morgan fingerprint density at radius 2 is 1.62 bits per heavy atom. The third-order valence-electron chi connectivity index (χ3n) is 4.72. The lowest BCUT2D eigenvalue weighted by Gasteiger charge is -2.37. The number of rotatable bonds is 6. The molecule has 0 saturated carbocycles. The van der Waals surface area contributed by atoms with Crippen LogP contribution >= 0.6 is 0 Å². The minimum Gasteiger partial charge on any atom is -0.339 e. The van der Waals surface area contributed by atoms with Crippen molar-refractivity contribution in [3.63, 3.8) is 0 Å². The van der Waals surface area contributed by atoms with Gasteiger partial charge in [0.25, 0.3) is 0 Å². The Labute approximate surface area is 155 Å². The summed E-state index contributed by atoms with van der Waals surface area (Å²) in [5.41, 5.74) is 0.450. The Hall–Kier alpha value is -1.77. The second-order valence-electron chi connectivity index (χ2n) is 6.85. The number of Topliss-reactive ketones (excluding diaryl/α,β-unsaturated/α-hetero) is 1. The molecule has 144 valence electrons. The molecule has 0 atom stereocenters. The van der Waals surface area contributed by atoms with Gasteiger partial charge in [0.2, 0.25) is 15.9 Å². The van der Waals surface area contributed by atoms with Crippen LogP contribution in [0.1, 0.15) is 31.1 Å². The molecule has 1 aliphatic heterocycles. The molecule has 0 unspecified atom stereocenters. The van der Waals surface area contributed by atoms with Crippen molar-refractivity contribution in [3.8, 4) is 0 Å². The van der Waals surface area contributed by atoms with E-state index in [1.165, 1.54) is 38.2 Å². The first-order valence-electron chi connectivity index (χ1n) is 8.72. The molecule has 0 radical (unpaired) electrons. The maximum Gasteiger partial charge on any atom is 0.243 e. The van der Waals surface area contributed by atoms with Crippen molar-refractivity contribution in [2.75, 3.05) is 39.8 Å². The summed E-state index contributed by atoms with van der Waals surface area (Å²) in [6.07, 6.45) is 0. The Balaban J connectivity index is 2.00. The minimum absolute atomic E-state index is 0.0717. The summed E-state index contributed by atoms with van der Waals surface area (Å²) >= 11 is 0. The molecule has 0 aromatic heterocycles. The Morgan fingerprint density at radius 1 is 1.08 bits per heavy atom. The fourth-order valence-corrected chi connectivity index (χ4v) is 4.03. The first kappa shape index (κ1) is 20.5. The van der Waals surface area contributed by atoms with Crippen LogP contribution in [0.4, 0.5) is 0 Å². The van der Waals surface area contributed by atoms with E-state index < -0.39 is 10.0 Å². The zero-order valence-electron chi connectivity index (χ0n) is 15.8. The summed E-state index contributed by atoms with van der Waals surface area (Å²) in [6, 6.07) is 6.20. The number of carbonyl (C=O) groups is 2. The van der Waals surface area contributed by atoms with E-state index in [1.807, 2.05) is 0 Å². The van der Waals surface area contributed by atoms with Crippen LogP contribution in [0, 0.1) is 0 Å². The average Bonchev–Trinajstić information content (AvgIpc) is 2.61. The van der Waals surface area contributed by atoms with Crippen LogP contribution in [0.5, 0.6) is 0 Å². The van der Waals surface area contributed by atoms with Gasteiger partial charge in [-0.1, -0.05) is 12.1 Å². The number of hydrogen-bond acceptors (Lipinski definition) is 5. The number of amides is 1. The number of ketones is 1. The molecular weight excluding hydrogens is 354 g/mol. The number of carbonyl (C=O) groups excluding carboxylic acids is 2. The Kier molecular flexibility index (Phi) is 6.54. The molecule has 1 aliphatic rings. The van der Waals surface area contributed by atoms with Gasteiger partial charge in [-0.25, -0.2) is 8.42 Å². The van der Waals surface area contributed by atoms with Gasteiger partial charge in [-0.3, -0.25) is 14.5 Å². The lowest BCUT2D eigenvalue weighted by Crippen LogP contribution is -2.52. The maximum absolute atomic E-state index is 12.6. The second-order valence-corrected chi connectivity index (χ2v) is 8.90. The number of nitrogens with zero attached hydrogens (tertiary/aromatic N) is 3. The summed E-state index contributed by atoms with van der Waals surface area (Å²) in [6.45, 7) is 8.28. The topological polar surface area (TPSA) is 78.0 Å². The fraction of sp³-hybridized carbons (Fsp3) is 0.556. The molecule has 2 rings (SSSR count). The number of hydrogen-bond donors (Lipinski definition) is 0. The zero-order valence-corrected chi connectivity index (χ0v) is 16.6. The average molecular weight is 381 g/mol. The third-order valence-corrected chi connectivity index (χ3v) is 6.54. The largest absolute Gasteiger partial charge is 0.339 e. The van der Waals surface area contributed by atoms with Crippen molar-refractivity contribution < 1.29 is 18.0 Å². The highest BCUT2D eigenvalue weighted by Crippen LogP contribution is 2.16. The predicted molar refractivity (Wildman–Crippen MR) is 99.6 cm³/mol. The van der Waals surface area contributed by atoms with Crippen LogP contribution in [0.15, 0.2) is 29.2 Å². The number of benzene rings is 1. The molecule has 1 aromatic rings. The Morgan fingerprint density at radius 3 is 2.08 bits per heavy atom. The normalized spacial score (nSPS) is 16.3. The standard InChI is InChI=1S/C18H27N3O4S/c1-14(2)20-9-11-21(12-10-20)18(23)13-19(4)26(24,25)17-7-5-16(6-8-17)15(3)22/h5-8,14H,9-13H2,1-4H3. The van der Waals surface area contributed by atoms with Crippen molar-refractivity contribution in [1.29, 1.82) is 0 Å². The molecule has 1 amide bonds. The first-order chi connectivity index (χ1) is 12.1. The van der Waals surface area contributed by atoms with Crippen LogP contribution in [0.2, 0.25) is 0 Å². The van der Waals surface area contributed by atoms with E-state index in [9.17, 15) is 18.0 Å². The van der Waals surface area contributed by atoms with Gasteiger partial charge in [0.15, 0.2) is 5.78 Å². The molecule has 1 heterocycles. The molecule has 1 aromatic carbocycles. The van der Waals surface area contributed by atoms with Gasteiger partial charge in [0, 0.05) is 44.8 Å². The number of sulfonamides is 1. The fourth-order valence-electron chi connectivity index (χ4n) is 2.90. The van der Waals surface area contributed by atoms with Crippen molar-refractivity contribution in [1.82, 2.24) is 14.1 Å². The van der Waals surface area contributed by atoms with Crippen molar-refractivity contribution in [2.24, 2.45) is 0 Å². The van der Waals surface area contributed by atoms with Gasteiger partial charge < -0.3 is 4.90 Å². The van der Waals surface area contributed by atoms with Crippen molar-refractivity contribution >= 4 is 21.7 Å². The SMILES string of the molecule is CC(=O)c1ccc(S(=O)(=O)N(C)CC(=O)N2CCN(C(C)C)CC2)cc1. The van der Waals surface area contributed by atoms with Gasteiger partial charge >= 0.3 is 0 Å². The molecule has 7 nitrogen and oxygen atoms in total. The molecule has 26 heavy (non-hydrogen) atoms. The van der Waals surface area contributed by atoms with Gasteiger partial charge in [0.05, 0.1) is 11.4 Å². The quantitative estimate of drug-likeness (QED) is 0.689. The van der Waals surface area contributed by atoms with Crippen LogP contribution < -0.4 is 0 Å². The van der Waals surface area contributed by atoms with E-state index in [2.05, 4.69) is 18.7 Å². The van der Waals surface area contributed by atoms with Gasteiger partial charge in [-0.15, -0.1) is 0 Å². The van der Waals surface area contributed by atoms with Crippen LogP contribution in [0.25, 0.3) is 0 Å². The van der Waals surface area contributed by atoms with Crippen LogP contribution in [0.3, 0.4) is 0 Å². The van der Waals surface area contributed by atoms with Crippen LogP contribution in [-0.4, -0.2) is 80.0 Å². The van der Waals surface area contributed by atoms with Gasteiger partial charge in [0.1, 0.15) is 0 Å². The molecule has 1 fully saturated rings. The smallest absolute Gasteiger partial charge is 0.243 e. The highest BCUT2D eigenvalue weighted by Gasteiger charge is 2.27. The van der Waals surface area contributed by atoms with E-state index in [-0.39, 0.29) is 23.1 Å². The first-order valence-corrected chi connectivity index (χ1v) is 10.2. The summed E-state index contributed by atoms with van der Waals surface area (Å²) in [5.74, 6) is -0.321. The van der Waals surface area contributed by atoms with E-state index in [0.717, 1.165) is 17.4 Å². The van der Waals surface area contributed by atoms with Crippen molar-refractivity contribution in [2.45, 2.75) is 31.7 Å². The third kappa shape index (κ3) is 4.69. The highest BCUT2D eigenvalue weighted by molar-refractivity contribution is 7.89. The zero-order chi connectivity index (χ0) is 19.5. The lowest BCUT2D eigenvalue weighted by molar-refractivity contribution is -0.133. The summed E-state index contributed by atoms with van der Waals surface area (Å²) in [5, 5.41) is 0. The molecule has 0 aliphatic carbocycles. The Bertz CT molecular complexity index is 751. The summed E-state index contributed by atoms with van der Waals surface area (Å²) in [7, 11) is -2.38. The highest BCUT2D eigenvalue weighted by atomic mass is 32.2. The van der Waals surface area contributed by atoms with E-state index in [1.54, 1.807) is 4.90 Å². The maximum atomic E-state index is 12.6. The van der Waals surface area contributed by atoms with E-state index in [0.29, 0.717) is 24.7 Å². The van der Waals surface area contributed by atoms with Gasteiger partial charge in [-0.2, -0.15) is 4.31 Å². The predicted octanol–water partition coefficient (Wildman–Crippen LogP) is 1.06. The van der Waals surface area contributed by atoms with Crippen molar-refractivity contribution in [3.05, 3.63) is 29.8 Å². The lowest BCUT2D eigenvalue weighted by atomic mass is 10.2.